The van der Waals surface area contributed by atoms with E-state index in [1.165, 1.54) is 4.57 Å². The van der Waals surface area contributed by atoms with E-state index in [0.29, 0.717) is 6.61 Å². The van der Waals surface area contributed by atoms with Gasteiger partial charge in [0.2, 0.25) is 0 Å². The van der Waals surface area contributed by atoms with Crippen LogP contribution in [0.2, 0.25) is 0 Å². The minimum atomic E-state index is -0.385. The molecule has 1 aliphatic carbocycles. The normalized spacial score (nSPS) is 13.4. The van der Waals surface area contributed by atoms with E-state index >= 15 is 0 Å². The molecule has 0 spiro atoms. The number of aromatic amines is 1. The van der Waals surface area contributed by atoms with Crippen LogP contribution in [0.15, 0.2) is 39.9 Å². The fraction of sp³-hybridized carbons (Fsp3) is 0.333. The summed E-state index contributed by atoms with van der Waals surface area (Å²) in [5.41, 5.74) is 1.98. The van der Waals surface area contributed by atoms with Crippen molar-refractivity contribution in [2.45, 2.75) is 32.6 Å². The molecule has 1 aromatic carbocycles. The van der Waals surface area contributed by atoms with Crippen LogP contribution < -0.4 is 11.2 Å². The van der Waals surface area contributed by atoms with E-state index in [1.807, 2.05) is 30.3 Å². The number of fused-ring (bicyclic) bond motifs is 1. The topological polar surface area (TPSA) is 64.1 Å². The van der Waals surface area contributed by atoms with E-state index in [0.717, 1.165) is 36.1 Å². The Balaban J connectivity index is 1.77. The number of ether oxygens (including phenoxy) is 1. The first-order chi connectivity index (χ1) is 9.75. The van der Waals surface area contributed by atoms with Crippen LogP contribution >= 0.6 is 0 Å². The lowest BCUT2D eigenvalue weighted by molar-refractivity contribution is 0.0591. The fourth-order valence-electron chi connectivity index (χ4n) is 2.60. The Morgan fingerprint density at radius 2 is 1.95 bits per heavy atom. The maximum Gasteiger partial charge on any atom is 0.330 e. The summed E-state index contributed by atoms with van der Waals surface area (Å²) < 4.78 is 7.13. The molecule has 5 heteroatoms. The molecular formula is C15H16N2O3. The van der Waals surface area contributed by atoms with Gasteiger partial charge in [0, 0.05) is 11.3 Å². The highest BCUT2D eigenvalue weighted by atomic mass is 16.5. The maximum atomic E-state index is 11.9. The van der Waals surface area contributed by atoms with Gasteiger partial charge in [-0.25, -0.2) is 4.79 Å². The molecule has 0 fully saturated rings. The van der Waals surface area contributed by atoms with E-state index in [-0.39, 0.29) is 18.0 Å². The smallest absolute Gasteiger partial charge is 0.330 e. The minimum Gasteiger partial charge on any atom is -0.356 e. The Kier molecular flexibility index (Phi) is 3.52. The zero-order valence-electron chi connectivity index (χ0n) is 11.1. The number of hydrogen-bond acceptors (Lipinski definition) is 3. The molecule has 3 rings (SSSR count). The molecule has 2 aromatic rings. The number of aromatic nitrogens is 2. The molecule has 0 unspecified atom stereocenters. The van der Waals surface area contributed by atoms with Crippen molar-refractivity contribution >= 4 is 0 Å². The standard InChI is InChI=1S/C15H16N2O3/c18-14-12-7-4-8-13(12)17(15(19)16-14)10-20-9-11-5-2-1-3-6-11/h1-3,5-6H,4,7-10H2,(H,16,18,19). The van der Waals surface area contributed by atoms with Gasteiger partial charge in [-0.2, -0.15) is 0 Å². The van der Waals surface area contributed by atoms with Crippen molar-refractivity contribution in [1.29, 1.82) is 0 Å². The largest absolute Gasteiger partial charge is 0.356 e. The molecule has 104 valence electrons. The molecule has 0 saturated carbocycles. The average Bonchev–Trinajstić information content (AvgIpc) is 2.93. The van der Waals surface area contributed by atoms with E-state index in [4.69, 9.17) is 4.74 Å². The first-order valence-electron chi connectivity index (χ1n) is 6.72. The quantitative estimate of drug-likeness (QED) is 0.909. The Morgan fingerprint density at radius 1 is 1.15 bits per heavy atom. The van der Waals surface area contributed by atoms with Crippen LogP contribution in [0.25, 0.3) is 0 Å². The zero-order chi connectivity index (χ0) is 13.9. The van der Waals surface area contributed by atoms with Gasteiger partial charge in [-0.1, -0.05) is 30.3 Å². The van der Waals surface area contributed by atoms with Crippen molar-refractivity contribution < 1.29 is 4.74 Å². The molecule has 20 heavy (non-hydrogen) atoms. The lowest BCUT2D eigenvalue weighted by atomic mass is 10.2. The third kappa shape index (κ3) is 2.44. The number of nitrogens with zero attached hydrogens (tertiary/aromatic N) is 1. The predicted molar refractivity (Wildman–Crippen MR) is 74.6 cm³/mol. The van der Waals surface area contributed by atoms with E-state index < -0.39 is 0 Å². The van der Waals surface area contributed by atoms with E-state index in [1.54, 1.807) is 0 Å². The third-order valence-electron chi connectivity index (χ3n) is 3.59. The lowest BCUT2D eigenvalue weighted by Crippen LogP contribution is -2.34. The number of H-pyrrole nitrogens is 1. The Bertz CT molecular complexity index is 716. The second-order valence-corrected chi connectivity index (χ2v) is 4.93. The number of hydrogen-bond donors (Lipinski definition) is 1. The van der Waals surface area contributed by atoms with E-state index in [2.05, 4.69) is 4.98 Å². The Morgan fingerprint density at radius 3 is 2.75 bits per heavy atom. The molecule has 0 radical (unpaired) electrons. The van der Waals surface area contributed by atoms with Gasteiger partial charge < -0.3 is 4.74 Å². The third-order valence-corrected chi connectivity index (χ3v) is 3.59. The number of benzene rings is 1. The predicted octanol–water partition coefficient (Wildman–Crippen LogP) is 1.20. The summed E-state index contributed by atoms with van der Waals surface area (Å²) in [6.07, 6.45) is 2.42. The monoisotopic (exact) mass is 272 g/mol. The first kappa shape index (κ1) is 12.9. The van der Waals surface area contributed by atoms with Gasteiger partial charge >= 0.3 is 5.69 Å². The van der Waals surface area contributed by atoms with Crippen molar-refractivity contribution in [2.24, 2.45) is 0 Å². The van der Waals surface area contributed by atoms with Crippen LogP contribution in [-0.2, 0) is 30.9 Å². The van der Waals surface area contributed by atoms with Crippen LogP contribution in [0.3, 0.4) is 0 Å². The Hall–Kier alpha value is -2.14. The van der Waals surface area contributed by atoms with Crippen LogP contribution in [-0.4, -0.2) is 9.55 Å². The lowest BCUT2D eigenvalue weighted by Gasteiger charge is -2.11. The van der Waals surface area contributed by atoms with Crippen molar-refractivity contribution in [3.8, 4) is 0 Å². The summed E-state index contributed by atoms with van der Waals surface area (Å²) >= 11 is 0. The van der Waals surface area contributed by atoms with Gasteiger partial charge in [-0.3, -0.25) is 14.3 Å². The van der Waals surface area contributed by atoms with Crippen LogP contribution in [0.5, 0.6) is 0 Å². The van der Waals surface area contributed by atoms with Crippen LogP contribution in [0, 0.1) is 0 Å². The molecule has 0 aliphatic heterocycles. The maximum absolute atomic E-state index is 11.9. The van der Waals surface area contributed by atoms with E-state index in [9.17, 15) is 9.59 Å². The fourth-order valence-corrected chi connectivity index (χ4v) is 2.60. The first-order valence-corrected chi connectivity index (χ1v) is 6.72. The second-order valence-electron chi connectivity index (χ2n) is 4.93. The molecule has 1 heterocycles. The highest BCUT2D eigenvalue weighted by Crippen LogP contribution is 2.16. The van der Waals surface area contributed by atoms with Crippen molar-refractivity contribution in [3.63, 3.8) is 0 Å². The summed E-state index contributed by atoms with van der Waals surface area (Å²) in [4.78, 5) is 25.9. The SMILES string of the molecule is O=c1[nH]c(=O)n(COCc2ccccc2)c2c1CCC2. The summed E-state index contributed by atoms with van der Waals surface area (Å²) in [5, 5.41) is 0. The van der Waals surface area contributed by atoms with Gasteiger partial charge in [-0.15, -0.1) is 0 Å². The summed E-state index contributed by atoms with van der Waals surface area (Å²) in [6, 6.07) is 9.79. The molecule has 0 bridgehead atoms. The summed E-state index contributed by atoms with van der Waals surface area (Å²) in [5.74, 6) is 0. The molecule has 1 aliphatic rings. The van der Waals surface area contributed by atoms with Gasteiger partial charge in [0.05, 0.1) is 6.61 Å². The van der Waals surface area contributed by atoms with Crippen molar-refractivity contribution in [3.05, 3.63) is 68.0 Å². The molecule has 1 aromatic heterocycles. The molecular weight excluding hydrogens is 256 g/mol. The van der Waals surface area contributed by atoms with Crippen molar-refractivity contribution in [2.75, 3.05) is 0 Å². The van der Waals surface area contributed by atoms with Crippen molar-refractivity contribution in [1.82, 2.24) is 9.55 Å². The van der Waals surface area contributed by atoms with Gasteiger partial charge in [0.25, 0.3) is 5.56 Å². The summed E-state index contributed by atoms with van der Waals surface area (Å²) in [7, 11) is 0. The molecule has 0 saturated heterocycles. The molecule has 0 atom stereocenters. The second kappa shape index (κ2) is 5.46. The van der Waals surface area contributed by atoms with Gasteiger partial charge in [0.15, 0.2) is 0 Å². The summed E-state index contributed by atoms with van der Waals surface area (Å²) in [6.45, 7) is 0.619. The Labute approximate surface area is 115 Å². The number of rotatable bonds is 4. The highest BCUT2D eigenvalue weighted by molar-refractivity contribution is 5.22. The van der Waals surface area contributed by atoms with Crippen LogP contribution in [0.1, 0.15) is 23.2 Å². The van der Waals surface area contributed by atoms with Gasteiger partial charge in [-0.05, 0) is 24.8 Å². The minimum absolute atomic E-state index is 0.173. The zero-order valence-corrected chi connectivity index (χ0v) is 11.1. The number of nitrogens with one attached hydrogen (secondary N) is 1. The molecule has 0 amide bonds. The molecule has 1 N–H and O–H groups in total. The highest BCUT2D eigenvalue weighted by Gasteiger charge is 2.19. The van der Waals surface area contributed by atoms with Gasteiger partial charge in [0.1, 0.15) is 6.73 Å². The van der Waals surface area contributed by atoms with Crippen LogP contribution in [0.4, 0.5) is 0 Å². The molecule has 5 nitrogen and oxygen atoms in total. The average molecular weight is 272 g/mol.